The molecule has 2 rings (SSSR count). The van der Waals surface area contributed by atoms with Gasteiger partial charge in [0.15, 0.2) is 0 Å². The molecule has 0 amide bonds. The minimum absolute atomic E-state index is 0.733. The zero-order chi connectivity index (χ0) is 13.9. The standard InChI is InChI=1S/C10H19N.C7H15N/c1-3-9(2)11-10-7-5-4-6-8-10;1-8-7-5-3-2-4-6-7/h10-11H,2-8H2,1H3;7-8H,2-6H2,1H3. The first-order valence-electron chi connectivity index (χ1n) is 8.37. The summed E-state index contributed by atoms with van der Waals surface area (Å²) < 4.78 is 0. The summed E-state index contributed by atoms with van der Waals surface area (Å²) in [7, 11) is 2.07. The zero-order valence-electron chi connectivity index (χ0n) is 13.1. The Morgan fingerprint density at radius 1 is 0.895 bits per heavy atom. The lowest BCUT2D eigenvalue weighted by atomic mass is 9.95. The van der Waals surface area contributed by atoms with Crippen LogP contribution in [0.2, 0.25) is 0 Å². The lowest BCUT2D eigenvalue weighted by molar-refractivity contribution is 0.394. The molecule has 112 valence electrons. The van der Waals surface area contributed by atoms with E-state index in [0.29, 0.717) is 0 Å². The molecule has 0 atom stereocenters. The predicted molar refractivity (Wildman–Crippen MR) is 85.4 cm³/mol. The third kappa shape index (κ3) is 7.61. The summed E-state index contributed by atoms with van der Waals surface area (Å²) in [4.78, 5) is 0. The van der Waals surface area contributed by atoms with Crippen LogP contribution in [-0.4, -0.2) is 19.1 Å². The van der Waals surface area contributed by atoms with Crippen molar-refractivity contribution in [1.82, 2.24) is 10.6 Å². The smallest absolute Gasteiger partial charge is 0.0258 e. The SMILES string of the molecule is C=C(CC)NC1CCCCC1.CNC1CCCCC1. The van der Waals surface area contributed by atoms with Gasteiger partial charge in [0.2, 0.25) is 0 Å². The monoisotopic (exact) mass is 266 g/mol. The van der Waals surface area contributed by atoms with E-state index < -0.39 is 0 Å². The fraction of sp³-hybridized carbons (Fsp3) is 0.882. The fourth-order valence-corrected chi connectivity index (χ4v) is 3.03. The van der Waals surface area contributed by atoms with Gasteiger partial charge in [0.1, 0.15) is 0 Å². The van der Waals surface area contributed by atoms with Gasteiger partial charge in [-0.3, -0.25) is 0 Å². The molecule has 0 radical (unpaired) electrons. The van der Waals surface area contributed by atoms with Crippen molar-refractivity contribution in [2.75, 3.05) is 7.05 Å². The van der Waals surface area contributed by atoms with Crippen molar-refractivity contribution in [3.05, 3.63) is 12.3 Å². The van der Waals surface area contributed by atoms with E-state index in [1.807, 2.05) is 0 Å². The van der Waals surface area contributed by atoms with E-state index in [1.54, 1.807) is 0 Å². The van der Waals surface area contributed by atoms with Crippen LogP contribution in [0.25, 0.3) is 0 Å². The van der Waals surface area contributed by atoms with Crippen LogP contribution >= 0.6 is 0 Å². The first-order chi connectivity index (χ1) is 9.26. The molecule has 0 bridgehead atoms. The molecule has 0 unspecified atom stereocenters. The Bertz CT molecular complexity index is 225. The van der Waals surface area contributed by atoms with Crippen molar-refractivity contribution in [1.29, 1.82) is 0 Å². The molecule has 0 spiro atoms. The Hall–Kier alpha value is -0.500. The highest BCUT2D eigenvalue weighted by atomic mass is 14.9. The first-order valence-corrected chi connectivity index (χ1v) is 8.37. The second-order valence-corrected chi connectivity index (χ2v) is 6.06. The molecule has 2 saturated carbocycles. The topological polar surface area (TPSA) is 24.1 Å². The van der Waals surface area contributed by atoms with E-state index in [2.05, 4.69) is 31.2 Å². The second-order valence-electron chi connectivity index (χ2n) is 6.06. The lowest BCUT2D eigenvalue weighted by Crippen LogP contribution is -2.29. The summed E-state index contributed by atoms with van der Waals surface area (Å²) in [6.45, 7) is 6.11. The molecule has 0 aromatic carbocycles. The summed E-state index contributed by atoms with van der Waals surface area (Å²) in [6.07, 6.45) is 15.1. The summed E-state index contributed by atoms with van der Waals surface area (Å²) in [5.41, 5.74) is 1.21. The minimum Gasteiger partial charge on any atom is -0.386 e. The molecule has 0 saturated heterocycles. The van der Waals surface area contributed by atoms with Gasteiger partial charge < -0.3 is 10.6 Å². The lowest BCUT2D eigenvalue weighted by Gasteiger charge is -2.24. The fourth-order valence-electron chi connectivity index (χ4n) is 3.03. The third-order valence-electron chi connectivity index (χ3n) is 4.45. The van der Waals surface area contributed by atoms with Gasteiger partial charge in [0.05, 0.1) is 0 Å². The molecule has 2 aliphatic rings. The summed E-state index contributed by atoms with van der Waals surface area (Å²) in [5.74, 6) is 0. The number of rotatable bonds is 4. The van der Waals surface area contributed by atoms with Crippen LogP contribution in [-0.2, 0) is 0 Å². The quantitative estimate of drug-likeness (QED) is 0.789. The van der Waals surface area contributed by atoms with Gasteiger partial charge >= 0.3 is 0 Å². The molecule has 19 heavy (non-hydrogen) atoms. The average molecular weight is 266 g/mol. The molecule has 2 heteroatoms. The number of nitrogens with one attached hydrogen (secondary N) is 2. The van der Waals surface area contributed by atoms with Crippen molar-refractivity contribution in [2.24, 2.45) is 0 Å². The van der Waals surface area contributed by atoms with Crippen molar-refractivity contribution in [2.45, 2.75) is 89.6 Å². The van der Waals surface area contributed by atoms with E-state index in [-0.39, 0.29) is 0 Å². The molecule has 0 heterocycles. The maximum Gasteiger partial charge on any atom is 0.0258 e. The Kier molecular flexibility index (Phi) is 8.98. The van der Waals surface area contributed by atoms with Crippen LogP contribution in [0, 0.1) is 0 Å². The Morgan fingerprint density at radius 3 is 1.74 bits per heavy atom. The van der Waals surface area contributed by atoms with Crippen LogP contribution in [0.1, 0.15) is 77.6 Å². The first kappa shape index (κ1) is 16.6. The maximum absolute atomic E-state index is 3.96. The highest BCUT2D eigenvalue weighted by Gasteiger charge is 2.12. The van der Waals surface area contributed by atoms with Crippen molar-refractivity contribution in [3.8, 4) is 0 Å². The molecule has 2 nitrogen and oxygen atoms in total. The van der Waals surface area contributed by atoms with Gasteiger partial charge in [-0.2, -0.15) is 0 Å². The molecule has 0 aliphatic heterocycles. The van der Waals surface area contributed by atoms with Gasteiger partial charge in [-0.1, -0.05) is 52.0 Å². The normalized spacial score (nSPS) is 21.4. The van der Waals surface area contributed by atoms with Crippen LogP contribution in [0.5, 0.6) is 0 Å². The van der Waals surface area contributed by atoms with Gasteiger partial charge in [-0.05, 0) is 39.2 Å². The highest BCUT2D eigenvalue weighted by molar-refractivity contribution is 4.92. The summed E-state index contributed by atoms with van der Waals surface area (Å²) >= 11 is 0. The van der Waals surface area contributed by atoms with Gasteiger partial charge in [-0.15, -0.1) is 0 Å². The van der Waals surface area contributed by atoms with Crippen molar-refractivity contribution < 1.29 is 0 Å². The Balaban J connectivity index is 0.000000200. The summed E-state index contributed by atoms with van der Waals surface area (Å²) in [5, 5.41) is 6.78. The number of allylic oxidation sites excluding steroid dienone is 1. The van der Waals surface area contributed by atoms with E-state index in [4.69, 9.17) is 0 Å². The third-order valence-corrected chi connectivity index (χ3v) is 4.45. The average Bonchev–Trinajstić information content (AvgIpc) is 2.49. The van der Waals surface area contributed by atoms with Crippen LogP contribution in [0.4, 0.5) is 0 Å². The molecule has 2 N–H and O–H groups in total. The predicted octanol–water partition coefficient (Wildman–Crippen LogP) is 4.37. The molecule has 0 aromatic rings. The van der Waals surface area contributed by atoms with Gasteiger partial charge in [0.25, 0.3) is 0 Å². The van der Waals surface area contributed by atoms with E-state index in [0.717, 1.165) is 18.5 Å². The second kappa shape index (κ2) is 10.3. The van der Waals surface area contributed by atoms with Gasteiger partial charge in [-0.25, -0.2) is 0 Å². The van der Waals surface area contributed by atoms with E-state index >= 15 is 0 Å². The zero-order valence-corrected chi connectivity index (χ0v) is 13.1. The van der Waals surface area contributed by atoms with E-state index in [1.165, 1.54) is 69.9 Å². The largest absolute Gasteiger partial charge is 0.386 e. The van der Waals surface area contributed by atoms with Crippen LogP contribution in [0.15, 0.2) is 12.3 Å². The van der Waals surface area contributed by atoms with Gasteiger partial charge in [0, 0.05) is 17.8 Å². The Labute approximate surface area is 120 Å². The van der Waals surface area contributed by atoms with Crippen molar-refractivity contribution in [3.63, 3.8) is 0 Å². The Morgan fingerprint density at radius 2 is 1.37 bits per heavy atom. The van der Waals surface area contributed by atoms with Crippen LogP contribution in [0.3, 0.4) is 0 Å². The summed E-state index contributed by atoms with van der Waals surface area (Å²) in [6, 6.07) is 1.57. The molecule has 0 aromatic heterocycles. The minimum atomic E-state index is 0.733. The van der Waals surface area contributed by atoms with Crippen molar-refractivity contribution >= 4 is 0 Å². The number of hydrogen-bond acceptors (Lipinski definition) is 2. The van der Waals surface area contributed by atoms with E-state index in [9.17, 15) is 0 Å². The molecular formula is C17H34N2. The molecular weight excluding hydrogens is 232 g/mol. The highest BCUT2D eigenvalue weighted by Crippen LogP contribution is 2.18. The number of hydrogen-bond donors (Lipinski definition) is 2. The molecule has 2 aliphatic carbocycles. The van der Waals surface area contributed by atoms with Crippen LogP contribution < -0.4 is 10.6 Å². The maximum atomic E-state index is 3.96. The molecule has 2 fully saturated rings.